The molecule has 1 fully saturated rings. The Morgan fingerprint density at radius 2 is 2.06 bits per heavy atom. The van der Waals surface area contributed by atoms with Gasteiger partial charge in [-0.2, -0.15) is 0 Å². The number of halogens is 1. The molecule has 0 aliphatic heterocycles. The zero-order chi connectivity index (χ0) is 12.8. The van der Waals surface area contributed by atoms with Crippen LogP contribution in [0.3, 0.4) is 0 Å². The minimum absolute atomic E-state index is 0.0301. The van der Waals surface area contributed by atoms with Crippen LogP contribution in [0.15, 0.2) is 18.3 Å². The Morgan fingerprint density at radius 1 is 1.33 bits per heavy atom. The van der Waals surface area contributed by atoms with E-state index in [1.165, 1.54) is 38.5 Å². The first-order valence-corrected chi connectivity index (χ1v) is 7.04. The number of hydrogen-bond acceptors (Lipinski definition) is 2. The van der Waals surface area contributed by atoms with Crippen molar-refractivity contribution in [1.29, 1.82) is 0 Å². The molecule has 1 heterocycles. The second-order valence-electron chi connectivity index (χ2n) is 4.94. The maximum atomic E-state index is 11.9. The van der Waals surface area contributed by atoms with Crippen LogP contribution in [0.5, 0.6) is 0 Å². The summed E-state index contributed by atoms with van der Waals surface area (Å²) in [5, 5.41) is 3.29. The highest BCUT2D eigenvalue weighted by Gasteiger charge is 2.16. The van der Waals surface area contributed by atoms with Crippen molar-refractivity contribution in [3.63, 3.8) is 0 Å². The summed E-state index contributed by atoms with van der Waals surface area (Å²) in [6, 6.07) is 3.49. The fraction of sp³-hybridized carbons (Fsp3) is 0.571. The Labute approximate surface area is 113 Å². The predicted molar refractivity (Wildman–Crippen MR) is 73.7 cm³/mol. The number of rotatable bonds is 3. The summed E-state index contributed by atoms with van der Waals surface area (Å²) in [5.74, 6) is 1.02. The van der Waals surface area contributed by atoms with E-state index >= 15 is 0 Å². The van der Waals surface area contributed by atoms with Gasteiger partial charge in [-0.05, 0) is 30.9 Å². The molecular formula is C14H19ClN2O. The largest absolute Gasteiger partial charge is 0.309 e. The normalized spacial score (nSPS) is 17.2. The van der Waals surface area contributed by atoms with E-state index in [0.717, 1.165) is 0 Å². The van der Waals surface area contributed by atoms with E-state index in [1.54, 1.807) is 18.3 Å². The zero-order valence-electron chi connectivity index (χ0n) is 10.5. The van der Waals surface area contributed by atoms with E-state index in [0.29, 0.717) is 23.2 Å². The highest BCUT2D eigenvalue weighted by atomic mass is 35.5. The summed E-state index contributed by atoms with van der Waals surface area (Å²) in [6.07, 6.45) is 9.69. The molecule has 1 aliphatic rings. The van der Waals surface area contributed by atoms with E-state index in [4.69, 9.17) is 11.6 Å². The number of nitrogens with one attached hydrogen (secondary N) is 1. The van der Waals surface area contributed by atoms with Crippen molar-refractivity contribution in [1.82, 2.24) is 4.98 Å². The number of nitrogens with zero attached hydrogens (tertiary/aromatic N) is 1. The van der Waals surface area contributed by atoms with Gasteiger partial charge in [-0.3, -0.25) is 4.79 Å². The van der Waals surface area contributed by atoms with Gasteiger partial charge in [0.25, 0.3) is 0 Å². The second kappa shape index (κ2) is 6.74. The Kier molecular flexibility index (Phi) is 5.00. The Morgan fingerprint density at radius 3 is 2.72 bits per heavy atom. The van der Waals surface area contributed by atoms with Crippen LogP contribution < -0.4 is 5.32 Å². The SMILES string of the molecule is O=C(CC1CCCCCC1)Nc1ncccc1Cl. The van der Waals surface area contributed by atoms with Crippen LogP contribution >= 0.6 is 11.6 Å². The molecule has 1 aliphatic carbocycles. The van der Waals surface area contributed by atoms with Gasteiger partial charge in [-0.1, -0.05) is 37.3 Å². The topological polar surface area (TPSA) is 42.0 Å². The van der Waals surface area contributed by atoms with Crippen LogP contribution in [0.2, 0.25) is 5.02 Å². The van der Waals surface area contributed by atoms with Crippen molar-refractivity contribution in [3.05, 3.63) is 23.4 Å². The third-order valence-corrected chi connectivity index (χ3v) is 3.77. The monoisotopic (exact) mass is 266 g/mol. The van der Waals surface area contributed by atoms with Gasteiger partial charge in [0.15, 0.2) is 5.82 Å². The first-order chi connectivity index (χ1) is 8.75. The molecule has 0 spiro atoms. The number of amides is 1. The number of aromatic nitrogens is 1. The highest BCUT2D eigenvalue weighted by molar-refractivity contribution is 6.33. The predicted octanol–water partition coefficient (Wildman–Crippen LogP) is 4.03. The standard InChI is InChI=1S/C14H19ClN2O/c15-12-8-5-9-16-14(12)17-13(18)10-11-6-3-1-2-4-7-11/h5,8-9,11H,1-4,6-7,10H2,(H,16,17,18). The van der Waals surface area contributed by atoms with Crippen molar-refractivity contribution >= 4 is 23.3 Å². The minimum atomic E-state index is 0.0301. The fourth-order valence-corrected chi connectivity index (χ4v) is 2.66. The van der Waals surface area contributed by atoms with Crippen molar-refractivity contribution in [2.45, 2.75) is 44.9 Å². The van der Waals surface area contributed by atoms with Gasteiger partial charge in [0.05, 0.1) is 5.02 Å². The van der Waals surface area contributed by atoms with Gasteiger partial charge in [0.2, 0.25) is 5.91 Å². The Balaban J connectivity index is 1.86. The first kappa shape index (κ1) is 13.3. The Hall–Kier alpha value is -1.09. The fourth-order valence-electron chi connectivity index (χ4n) is 2.49. The van der Waals surface area contributed by atoms with Crippen LogP contribution in [0, 0.1) is 5.92 Å². The van der Waals surface area contributed by atoms with Crippen molar-refractivity contribution in [2.75, 3.05) is 5.32 Å². The molecule has 1 aromatic rings. The number of hydrogen-bond donors (Lipinski definition) is 1. The molecule has 1 amide bonds. The lowest BCUT2D eigenvalue weighted by molar-refractivity contribution is -0.117. The molecule has 1 saturated carbocycles. The quantitative estimate of drug-likeness (QED) is 0.839. The minimum Gasteiger partial charge on any atom is -0.309 e. The van der Waals surface area contributed by atoms with Crippen LogP contribution in [0.25, 0.3) is 0 Å². The lowest BCUT2D eigenvalue weighted by Crippen LogP contribution is -2.17. The van der Waals surface area contributed by atoms with Gasteiger partial charge in [-0.15, -0.1) is 0 Å². The summed E-state index contributed by atoms with van der Waals surface area (Å²) in [6.45, 7) is 0. The number of carbonyl (C=O) groups excluding carboxylic acids is 1. The van der Waals surface area contributed by atoms with Gasteiger partial charge >= 0.3 is 0 Å². The van der Waals surface area contributed by atoms with Gasteiger partial charge in [-0.25, -0.2) is 4.98 Å². The van der Waals surface area contributed by atoms with E-state index in [9.17, 15) is 4.79 Å². The Bertz CT molecular complexity index is 401. The summed E-state index contributed by atoms with van der Waals surface area (Å²) in [4.78, 5) is 16.0. The van der Waals surface area contributed by atoms with Crippen LogP contribution in [-0.2, 0) is 4.79 Å². The molecule has 4 heteroatoms. The van der Waals surface area contributed by atoms with Gasteiger partial charge in [0, 0.05) is 12.6 Å². The molecule has 0 radical (unpaired) electrons. The van der Waals surface area contributed by atoms with Crippen LogP contribution in [0.1, 0.15) is 44.9 Å². The first-order valence-electron chi connectivity index (χ1n) is 6.66. The molecular weight excluding hydrogens is 248 g/mol. The van der Waals surface area contributed by atoms with Gasteiger partial charge in [0.1, 0.15) is 0 Å². The smallest absolute Gasteiger partial charge is 0.225 e. The molecule has 18 heavy (non-hydrogen) atoms. The second-order valence-corrected chi connectivity index (χ2v) is 5.35. The zero-order valence-corrected chi connectivity index (χ0v) is 11.2. The van der Waals surface area contributed by atoms with Gasteiger partial charge < -0.3 is 5.32 Å². The summed E-state index contributed by atoms with van der Waals surface area (Å²) in [5.41, 5.74) is 0. The molecule has 0 bridgehead atoms. The molecule has 1 aromatic heterocycles. The summed E-state index contributed by atoms with van der Waals surface area (Å²) < 4.78 is 0. The third-order valence-electron chi connectivity index (χ3n) is 3.47. The molecule has 2 rings (SSSR count). The molecule has 1 N–H and O–H groups in total. The molecule has 98 valence electrons. The summed E-state index contributed by atoms with van der Waals surface area (Å²) in [7, 11) is 0. The van der Waals surface area contributed by atoms with E-state index in [2.05, 4.69) is 10.3 Å². The number of anilines is 1. The van der Waals surface area contributed by atoms with E-state index in [-0.39, 0.29) is 5.91 Å². The lowest BCUT2D eigenvalue weighted by atomic mass is 9.96. The van der Waals surface area contributed by atoms with Crippen molar-refractivity contribution in [2.24, 2.45) is 5.92 Å². The van der Waals surface area contributed by atoms with Crippen LogP contribution in [0.4, 0.5) is 5.82 Å². The summed E-state index contributed by atoms with van der Waals surface area (Å²) >= 11 is 5.96. The average molecular weight is 267 g/mol. The van der Waals surface area contributed by atoms with Crippen molar-refractivity contribution in [3.8, 4) is 0 Å². The van der Waals surface area contributed by atoms with E-state index in [1.807, 2.05) is 0 Å². The lowest BCUT2D eigenvalue weighted by Gasteiger charge is -2.13. The van der Waals surface area contributed by atoms with Crippen LogP contribution in [-0.4, -0.2) is 10.9 Å². The molecule has 3 nitrogen and oxygen atoms in total. The van der Waals surface area contributed by atoms with Crippen molar-refractivity contribution < 1.29 is 4.79 Å². The molecule has 0 unspecified atom stereocenters. The average Bonchev–Trinajstić information content (AvgIpc) is 2.61. The van der Waals surface area contributed by atoms with E-state index < -0.39 is 0 Å². The third kappa shape index (κ3) is 3.98. The molecule has 0 atom stereocenters. The highest BCUT2D eigenvalue weighted by Crippen LogP contribution is 2.26. The maximum Gasteiger partial charge on any atom is 0.225 e. The molecule has 0 aromatic carbocycles. The maximum absolute atomic E-state index is 11.9. The molecule has 0 saturated heterocycles. The number of carbonyl (C=O) groups is 1. The number of pyridine rings is 1.